The highest BCUT2D eigenvalue weighted by atomic mass is 16.7. The van der Waals surface area contributed by atoms with Gasteiger partial charge >= 0.3 is 0 Å². The number of rotatable bonds is 3. The quantitative estimate of drug-likeness (QED) is 0.723. The van der Waals surface area contributed by atoms with Crippen molar-refractivity contribution in [3.05, 3.63) is 34.9 Å². The molecule has 0 saturated heterocycles. The summed E-state index contributed by atoms with van der Waals surface area (Å²) in [6.45, 7) is 17.9. The van der Waals surface area contributed by atoms with E-state index in [1.807, 2.05) is 0 Å². The Bertz CT molecular complexity index is 574. The molecule has 0 amide bonds. The van der Waals surface area contributed by atoms with Gasteiger partial charge in [-0.3, -0.25) is 4.84 Å². The third-order valence-electron chi connectivity index (χ3n) is 5.47. The molecule has 1 aliphatic rings. The van der Waals surface area contributed by atoms with Gasteiger partial charge in [0.05, 0.1) is 6.10 Å². The number of fused-ring (bicyclic) bond motifs is 1. The van der Waals surface area contributed by atoms with E-state index >= 15 is 0 Å². The second-order valence-electron chi connectivity index (χ2n) is 8.61. The van der Waals surface area contributed by atoms with Crippen molar-refractivity contribution in [2.24, 2.45) is 0 Å². The smallest absolute Gasteiger partial charge is 0.102 e. The van der Waals surface area contributed by atoms with Gasteiger partial charge in [-0.1, -0.05) is 39.0 Å². The minimum Gasteiger partial charge on any atom is -0.377 e. The second kappa shape index (κ2) is 6.78. The second-order valence-corrected chi connectivity index (χ2v) is 8.61. The molecule has 0 radical (unpaired) electrons. The Kier molecular flexibility index (Phi) is 5.49. The summed E-state index contributed by atoms with van der Waals surface area (Å²) in [6, 6.07) is 7.05. The average molecular weight is 334 g/mol. The summed E-state index contributed by atoms with van der Waals surface area (Å²) in [5.74, 6) is 0. The van der Waals surface area contributed by atoms with E-state index in [0.717, 1.165) is 6.42 Å². The summed E-state index contributed by atoms with van der Waals surface area (Å²) < 4.78 is 5.54. The van der Waals surface area contributed by atoms with Crippen molar-refractivity contribution in [3.8, 4) is 0 Å². The van der Waals surface area contributed by atoms with E-state index in [-0.39, 0.29) is 23.2 Å². The minimum atomic E-state index is -0.0447. The van der Waals surface area contributed by atoms with Crippen LogP contribution in [0.15, 0.2) is 18.2 Å². The number of hydroxylamine groups is 2. The third kappa shape index (κ3) is 3.40. The molecule has 0 fully saturated rings. The minimum absolute atomic E-state index is 0.00834. The first-order valence-electron chi connectivity index (χ1n) is 9.17. The lowest BCUT2D eigenvalue weighted by atomic mass is 9.73. The Hall–Kier alpha value is -0.900. The predicted octanol–water partition coefficient (Wildman–Crippen LogP) is 5.56. The normalized spacial score (nSPS) is 25.9. The molecule has 1 aliphatic heterocycles. The summed E-state index contributed by atoms with van der Waals surface area (Å²) in [7, 11) is 1.77. The SMILES string of the molecule is CCC1N(C(C)(C)C)OC(C)c2ccc(C(C)OC)cc2C1(C)C. The van der Waals surface area contributed by atoms with Crippen molar-refractivity contribution >= 4 is 0 Å². The zero-order valence-electron chi connectivity index (χ0n) is 16.9. The Labute approximate surface area is 148 Å². The van der Waals surface area contributed by atoms with E-state index in [0.29, 0.717) is 6.04 Å². The Morgan fingerprint density at radius 1 is 1.29 bits per heavy atom. The van der Waals surface area contributed by atoms with Crippen molar-refractivity contribution in [3.63, 3.8) is 0 Å². The maximum Gasteiger partial charge on any atom is 0.102 e. The first-order chi connectivity index (χ1) is 11.0. The highest BCUT2D eigenvalue weighted by Crippen LogP contribution is 2.44. The summed E-state index contributed by atoms with van der Waals surface area (Å²) in [6.07, 6.45) is 1.19. The molecule has 0 spiro atoms. The fourth-order valence-electron chi connectivity index (χ4n) is 3.95. The van der Waals surface area contributed by atoms with Crippen LogP contribution in [0.4, 0.5) is 0 Å². The number of ether oxygens (including phenoxy) is 1. The van der Waals surface area contributed by atoms with Gasteiger partial charge in [-0.15, -0.1) is 0 Å². The molecule has 0 aliphatic carbocycles. The molecule has 3 heteroatoms. The van der Waals surface area contributed by atoms with Crippen LogP contribution in [0.1, 0.15) is 90.7 Å². The van der Waals surface area contributed by atoms with Crippen LogP contribution in [0.25, 0.3) is 0 Å². The first-order valence-corrected chi connectivity index (χ1v) is 9.17. The first kappa shape index (κ1) is 19.4. The molecular weight excluding hydrogens is 298 g/mol. The van der Waals surface area contributed by atoms with Crippen molar-refractivity contribution in [2.75, 3.05) is 7.11 Å². The predicted molar refractivity (Wildman–Crippen MR) is 100 cm³/mol. The van der Waals surface area contributed by atoms with Crippen molar-refractivity contribution in [1.29, 1.82) is 0 Å². The van der Waals surface area contributed by atoms with E-state index in [1.165, 1.54) is 16.7 Å². The van der Waals surface area contributed by atoms with Gasteiger partial charge in [-0.25, -0.2) is 0 Å². The van der Waals surface area contributed by atoms with Crippen LogP contribution in [0.5, 0.6) is 0 Å². The van der Waals surface area contributed by atoms with Crippen LogP contribution in [0, 0.1) is 0 Å². The molecule has 136 valence electrons. The largest absolute Gasteiger partial charge is 0.377 e. The van der Waals surface area contributed by atoms with Gasteiger partial charge in [0.2, 0.25) is 0 Å². The Morgan fingerprint density at radius 3 is 2.42 bits per heavy atom. The van der Waals surface area contributed by atoms with Crippen LogP contribution >= 0.6 is 0 Å². The van der Waals surface area contributed by atoms with Crippen LogP contribution in [-0.2, 0) is 15.0 Å². The maximum absolute atomic E-state index is 6.47. The molecule has 0 bridgehead atoms. The van der Waals surface area contributed by atoms with E-state index < -0.39 is 0 Å². The molecule has 1 aromatic rings. The average Bonchev–Trinajstić information content (AvgIpc) is 2.59. The summed E-state index contributed by atoms with van der Waals surface area (Å²) >= 11 is 0. The van der Waals surface area contributed by atoms with Gasteiger partial charge in [0.25, 0.3) is 0 Å². The fourth-order valence-corrected chi connectivity index (χ4v) is 3.95. The lowest BCUT2D eigenvalue weighted by Gasteiger charge is -2.45. The van der Waals surface area contributed by atoms with E-state index in [1.54, 1.807) is 7.11 Å². The highest BCUT2D eigenvalue weighted by Gasteiger charge is 2.44. The Balaban J connectivity index is 2.62. The molecule has 1 heterocycles. The molecule has 24 heavy (non-hydrogen) atoms. The number of nitrogens with zero attached hydrogens (tertiary/aromatic N) is 1. The molecule has 3 nitrogen and oxygen atoms in total. The molecule has 3 unspecified atom stereocenters. The molecule has 2 rings (SSSR count). The van der Waals surface area contributed by atoms with E-state index in [2.05, 4.69) is 78.7 Å². The zero-order chi connectivity index (χ0) is 18.3. The monoisotopic (exact) mass is 333 g/mol. The molecule has 0 saturated carbocycles. The Morgan fingerprint density at radius 2 is 1.92 bits per heavy atom. The van der Waals surface area contributed by atoms with Crippen molar-refractivity contribution in [1.82, 2.24) is 5.06 Å². The van der Waals surface area contributed by atoms with Gasteiger partial charge < -0.3 is 4.74 Å². The third-order valence-corrected chi connectivity index (χ3v) is 5.47. The molecule has 0 N–H and O–H groups in total. The van der Waals surface area contributed by atoms with Gasteiger partial charge in [0.1, 0.15) is 6.10 Å². The number of hydrogen-bond acceptors (Lipinski definition) is 3. The number of methoxy groups -OCH3 is 1. The topological polar surface area (TPSA) is 21.7 Å². The van der Waals surface area contributed by atoms with Crippen LogP contribution in [-0.4, -0.2) is 23.8 Å². The van der Waals surface area contributed by atoms with Gasteiger partial charge in [-0.05, 0) is 57.7 Å². The maximum atomic E-state index is 6.47. The van der Waals surface area contributed by atoms with Crippen molar-refractivity contribution in [2.45, 2.75) is 91.0 Å². The van der Waals surface area contributed by atoms with Crippen LogP contribution < -0.4 is 0 Å². The van der Waals surface area contributed by atoms with Gasteiger partial charge in [-0.2, -0.15) is 5.06 Å². The fraction of sp³-hybridized carbons (Fsp3) is 0.714. The molecule has 0 aromatic heterocycles. The van der Waals surface area contributed by atoms with Gasteiger partial charge in [0.15, 0.2) is 0 Å². The van der Waals surface area contributed by atoms with Crippen molar-refractivity contribution < 1.29 is 9.57 Å². The number of benzene rings is 1. The van der Waals surface area contributed by atoms with E-state index in [4.69, 9.17) is 9.57 Å². The van der Waals surface area contributed by atoms with Crippen LogP contribution in [0.3, 0.4) is 0 Å². The lowest BCUT2D eigenvalue weighted by molar-refractivity contribution is -0.268. The zero-order valence-corrected chi connectivity index (χ0v) is 16.9. The molecule has 3 atom stereocenters. The summed E-state index contributed by atoms with van der Waals surface area (Å²) in [5, 5.41) is 2.23. The summed E-state index contributed by atoms with van der Waals surface area (Å²) in [5.41, 5.74) is 3.85. The molecule has 1 aromatic carbocycles. The highest BCUT2D eigenvalue weighted by molar-refractivity contribution is 5.41. The number of hydrogen-bond donors (Lipinski definition) is 0. The molecular formula is C21H35NO2. The summed E-state index contributed by atoms with van der Waals surface area (Å²) in [4.78, 5) is 6.47. The van der Waals surface area contributed by atoms with Crippen LogP contribution in [0.2, 0.25) is 0 Å². The van der Waals surface area contributed by atoms with E-state index in [9.17, 15) is 0 Å². The lowest BCUT2D eigenvalue weighted by Crippen LogP contribution is -2.53. The standard InChI is InChI=1S/C21H35NO2/c1-10-19-21(7,8)18-13-16(14(2)23-9)11-12-17(18)15(3)24-22(19)20(4,5)6/h11-15,19H,10H2,1-9H3. The van der Waals surface area contributed by atoms with Gasteiger partial charge in [0, 0.05) is 24.1 Å².